The highest BCUT2D eigenvalue weighted by molar-refractivity contribution is 7.89. The zero-order valence-corrected chi connectivity index (χ0v) is 18.7. The Morgan fingerprint density at radius 1 is 0.971 bits per heavy atom. The Morgan fingerprint density at radius 3 is 2.21 bits per heavy atom. The molecule has 172 valence electrons. The third kappa shape index (κ3) is 3.81. The highest BCUT2D eigenvalue weighted by Gasteiger charge is 2.29. The number of nitrogens with one attached hydrogen (secondary N) is 1. The summed E-state index contributed by atoms with van der Waals surface area (Å²) in [6, 6.07) is 14.4. The van der Waals surface area contributed by atoms with E-state index in [1.54, 1.807) is 24.3 Å². The van der Waals surface area contributed by atoms with E-state index >= 15 is 0 Å². The molecule has 1 saturated heterocycles. The second-order valence-electron chi connectivity index (χ2n) is 7.67. The van der Waals surface area contributed by atoms with E-state index in [1.165, 1.54) is 41.1 Å². The quantitative estimate of drug-likeness (QED) is 0.426. The third-order valence-electron chi connectivity index (χ3n) is 5.58. The number of hydrogen-bond donors (Lipinski definition) is 1. The van der Waals surface area contributed by atoms with Crippen LogP contribution in [0.3, 0.4) is 0 Å². The lowest BCUT2D eigenvalue weighted by molar-refractivity contribution is 0.102. The first-order valence-corrected chi connectivity index (χ1v) is 12.0. The Balaban J connectivity index is 1.45. The minimum absolute atomic E-state index is 0.0703. The predicted octanol–water partition coefficient (Wildman–Crippen LogP) is 4.71. The van der Waals surface area contributed by atoms with Crippen LogP contribution in [0.4, 0.5) is 5.88 Å². The van der Waals surface area contributed by atoms with E-state index < -0.39 is 15.9 Å². The average molecular weight is 477 g/mol. The van der Waals surface area contributed by atoms with Crippen molar-refractivity contribution in [2.45, 2.75) is 17.7 Å². The zero-order valence-electron chi connectivity index (χ0n) is 17.9. The molecule has 0 saturated carbocycles. The van der Waals surface area contributed by atoms with Gasteiger partial charge >= 0.3 is 0 Å². The molecular weight excluding hydrogens is 458 g/mol. The number of sulfonamides is 1. The molecule has 9 nitrogen and oxygen atoms in total. The van der Waals surface area contributed by atoms with Crippen LogP contribution in [0.2, 0.25) is 0 Å². The van der Waals surface area contributed by atoms with Crippen LogP contribution in [0.1, 0.15) is 28.8 Å². The van der Waals surface area contributed by atoms with Crippen molar-refractivity contribution >= 4 is 21.8 Å². The van der Waals surface area contributed by atoms with Gasteiger partial charge in [-0.1, -0.05) is 0 Å². The minimum atomic E-state index is -3.58. The van der Waals surface area contributed by atoms with Crippen LogP contribution in [-0.4, -0.2) is 31.7 Å². The molecule has 10 heteroatoms. The van der Waals surface area contributed by atoms with E-state index in [4.69, 9.17) is 13.3 Å². The lowest BCUT2D eigenvalue weighted by Crippen LogP contribution is -2.27. The van der Waals surface area contributed by atoms with Crippen molar-refractivity contribution in [2.75, 3.05) is 18.4 Å². The zero-order chi connectivity index (χ0) is 23.7. The number of rotatable bonds is 6. The summed E-state index contributed by atoms with van der Waals surface area (Å²) in [5.41, 5.74) is 0.632. The van der Waals surface area contributed by atoms with Gasteiger partial charge in [0.2, 0.25) is 15.9 Å². The summed E-state index contributed by atoms with van der Waals surface area (Å²) in [5.74, 6) is 0.342. The molecule has 3 aromatic heterocycles. The van der Waals surface area contributed by atoms with Crippen molar-refractivity contribution in [3.05, 3.63) is 72.2 Å². The number of anilines is 1. The first kappa shape index (κ1) is 21.8. The van der Waals surface area contributed by atoms with Gasteiger partial charge in [0.05, 0.1) is 23.0 Å². The molecule has 0 radical (unpaired) electrons. The fourth-order valence-electron chi connectivity index (χ4n) is 3.89. The Bertz CT molecular complexity index is 1450. The van der Waals surface area contributed by atoms with Gasteiger partial charge in [-0.05, 0) is 61.4 Å². The Morgan fingerprint density at radius 2 is 1.62 bits per heavy atom. The summed E-state index contributed by atoms with van der Waals surface area (Å²) < 4.78 is 43.6. The first-order chi connectivity index (χ1) is 16.5. The van der Waals surface area contributed by atoms with Gasteiger partial charge in [-0.25, -0.2) is 8.42 Å². The van der Waals surface area contributed by atoms with E-state index in [0.717, 1.165) is 12.8 Å². The third-order valence-corrected chi connectivity index (χ3v) is 7.49. The number of benzene rings is 1. The molecule has 1 aliphatic rings. The van der Waals surface area contributed by atoms with Gasteiger partial charge in [-0.3, -0.25) is 10.1 Å². The Hall–Kier alpha value is -4.07. The maximum absolute atomic E-state index is 12.9. The van der Waals surface area contributed by atoms with Crippen molar-refractivity contribution in [1.82, 2.24) is 4.31 Å². The topological polar surface area (TPSA) is 130 Å². The summed E-state index contributed by atoms with van der Waals surface area (Å²) in [6.45, 7) is 0.992. The van der Waals surface area contributed by atoms with Crippen molar-refractivity contribution in [3.8, 4) is 28.9 Å². The number of furan rings is 3. The average Bonchev–Trinajstić information content (AvgIpc) is 3.64. The second kappa shape index (κ2) is 8.70. The molecule has 0 spiro atoms. The van der Waals surface area contributed by atoms with Gasteiger partial charge in [0.15, 0.2) is 11.5 Å². The molecule has 5 rings (SSSR count). The van der Waals surface area contributed by atoms with Gasteiger partial charge in [0, 0.05) is 18.7 Å². The van der Waals surface area contributed by atoms with Gasteiger partial charge in [0.1, 0.15) is 17.4 Å². The normalized spacial score (nSPS) is 14.2. The molecule has 0 aliphatic carbocycles. The van der Waals surface area contributed by atoms with E-state index in [0.29, 0.717) is 30.2 Å². The number of amides is 1. The Kier molecular flexibility index (Phi) is 5.57. The Labute approximate surface area is 195 Å². The molecule has 1 aliphatic heterocycles. The second-order valence-corrected chi connectivity index (χ2v) is 9.60. The maximum atomic E-state index is 12.9. The van der Waals surface area contributed by atoms with Crippen LogP contribution in [0.5, 0.6) is 0 Å². The number of nitrogens with zero attached hydrogens (tertiary/aromatic N) is 2. The van der Waals surface area contributed by atoms with Gasteiger partial charge in [0.25, 0.3) is 5.91 Å². The number of carbonyl (C=O) groups excluding carboxylic acids is 1. The summed E-state index contributed by atoms with van der Waals surface area (Å²) in [6.07, 6.45) is 4.60. The molecule has 1 amide bonds. The smallest absolute Gasteiger partial charge is 0.258 e. The fraction of sp³-hybridized carbons (Fsp3) is 0.167. The number of carbonyl (C=O) groups is 1. The van der Waals surface area contributed by atoms with Crippen LogP contribution in [0.15, 0.2) is 79.2 Å². The highest BCUT2D eigenvalue weighted by atomic mass is 32.2. The van der Waals surface area contributed by atoms with Crippen LogP contribution < -0.4 is 5.32 Å². The lowest BCUT2D eigenvalue weighted by Gasteiger charge is -2.15. The summed E-state index contributed by atoms with van der Waals surface area (Å²) in [5, 5.41) is 12.4. The molecule has 0 bridgehead atoms. The number of hydrogen-bond acceptors (Lipinski definition) is 7. The molecule has 4 heterocycles. The van der Waals surface area contributed by atoms with Crippen molar-refractivity contribution < 1.29 is 26.5 Å². The number of nitriles is 1. The molecule has 1 aromatic carbocycles. The van der Waals surface area contributed by atoms with Crippen LogP contribution >= 0.6 is 0 Å². The van der Waals surface area contributed by atoms with E-state index in [2.05, 4.69) is 11.4 Å². The standard InChI is InChI=1S/C24H19N3O6S/c25-15-18-21(19-5-3-13-31-19)22(20-6-4-14-32-20)33-24(18)26-23(28)16-7-9-17(10-8-16)34(29,30)27-11-1-2-12-27/h3-10,13-14H,1-2,11-12H2,(H,26,28). The SMILES string of the molecule is N#Cc1c(NC(=O)c2ccc(S(=O)(=O)N3CCCC3)cc2)oc(-c2ccco2)c1-c1ccco1. The largest absolute Gasteiger partial charge is 0.464 e. The molecule has 1 fully saturated rings. The van der Waals surface area contributed by atoms with Gasteiger partial charge < -0.3 is 13.3 Å². The summed E-state index contributed by atoms with van der Waals surface area (Å²) in [4.78, 5) is 13.0. The van der Waals surface area contributed by atoms with E-state index in [-0.39, 0.29) is 27.7 Å². The van der Waals surface area contributed by atoms with Crippen molar-refractivity contribution in [2.24, 2.45) is 0 Å². The lowest BCUT2D eigenvalue weighted by atomic mass is 10.1. The fourth-order valence-corrected chi connectivity index (χ4v) is 5.41. The van der Waals surface area contributed by atoms with E-state index in [9.17, 15) is 18.5 Å². The maximum Gasteiger partial charge on any atom is 0.258 e. The van der Waals surface area contributed by atoms with Gasteiger partial charge in [-0.2, -0.15) is 9.57 Å². The van der Waals surface area contributed by atoms with Crippen LogP contribution in [0, 0.1) is 11.3 Å². The van der Waals surface area contributed by atoms with Crippen LogP contribution in [-0.2, 0) is 10.0 Å². The molecule has 4 aromatic rings. The van der Waals surface area contributed by atoms with E-state index in [1.807, 2.05) is 0 Å². The molecule has 0 unspecified atom stereocenters. The first-order valence-electron chi connectivity index (χ1n) is 10.6. The molecule has 1 N–H and O–H groups in total. The predicted molar refractivity (Wildman–Crippen MR) is 121 cm³/mol. The summed E-state index contributed by atoms with van der Waals surface area (Å²) in [7, 11) is -3.58. The molecular formula is C24H19N3O6S. The van der Waals surface area contributed by atoms with Crippen LogP contribution in [0.25, 0.3) is 22.8 Å². The van der Waals surface area contributed by atoms with Gasteiger partial charge in [-0.15, -0.1) is 0 Å². The van der Waals surface area contributed by atoms with Crippen molar-refractivity contribution in [3.63, 3.8) is 0 Å². The van der Waals surface area contributed by atoms with Crippen molar-refractivity contribution in [1.29, 1.82) is 5.26 Å². The highest BCUT2D eigenvalue weighted by Crippen LogP contribution is 2.41. The minimum Gasteiger partial charge on any atom is -0.464 e. The molecule has 0 atom stereocenters. The molecule has 34 heavy (non-hydrogen) atoms. The monoisotopic (exact) mass is 477 g/mol. The summed E-state index contributed by atoms with van der Waals surface area (Å²) >= 11 is 0.